The second kappa shape index (κ2) is 6.05. The SMILES string of the molecule is COC(=O)C1=NN(C(C)=O)[C@]2(CC(=O)N(c3ccc(C)c(C)c3)C2=O)C1. The maximum atomic E-state index is 13.2. The minimum absolute atomic E-state index is 0.0502. The molecule has 8 nitrogen and oxygen atoms in total. The van der Waals surface area contributed by atoms with E-state index in [1.165, 1.54) is 14.0 Å². The van der Waals surface area contributed by atoms with Gasteiger partial charge in [-0.2, -0.15) is 5.10 Å². The fourth-order valence-corrected chi connectivity index (χ4v) is 3.36. The minimum atomic E-state index is -1.51. The maximum Gasteiger partial charge on any atom is 0.354 e. The molecule has 0 unspecified atom stereocenters. The Bertz CT molecular complexity index is 876. The number of carbonyl (C=O) groups excluding carboxylic acids is 4. The van der Waals surface area contributed by atoms with Gasteiger partial charge in [0.25, 0.3) is 5.91 Å². The quantitative estimate of drug-likeness (QED) is 0.583. The Kier molecular flexibility index (Phi) is 4.14. The van der Waals surface area contributed by atoms with Gasteiger partial charge in [-0.3, -0.25) is 14.4 Å². The number of benzene rings is 1. The molecule has 3 rings (SSSR count). The van der Waals surface area contributed by atoms with Gasteiger partial charge in [-0.05, 0) is 37.1 Å². The van der Waals surface area contributed by atoms with Gasteiger partial charge in [-0.15, -0.1) is 0 Å². The number of amides is 3. The molecule has 8 heteroatoms. The highest BCUT2D eigenvalue weighted by molar-refractivity contribution is 6.39. The van der Waals surface area contributed by atoms with Crippen LogP contribution in [0.5, 0.6) is 0 Å². The summed E-state index contributed by atoms with van der Waals surface area (Å²) in [6.45, 7) is 5.05. The second-order valence-electron chi connectivity index (χ2n) is 6.56. The smallest absolute Gasteiger partial charge is 0.354 e. The number of methoxy groups -OCH3 is 1. The second-order valence-corrected chi connectivity index (χ2v) is 6.56. The summed E-state index contributed by atoms with van der Waals surface area (Å²) in [7, 11) is 1.19. The van der Waals surface area contributed by atoms with Crippen molar-refractivity contribution in [1.29, 1.82) is 0 Å². The Hall–Kier alpha value is -3.03. The van der Waals surface area contributed by atoms with E-state index < -0.39 is 29.2 Å². The van der Waals surface area contributed by atoms with Gasteiger partial charge in [0.05, 0.1) is 19.2 Å². The molecule has 1 atom stereocenters. The summed E-state index contributed by atoms with van der Waals surface area (Å²) in [5.74, 6) is -2.25. The van der Waals surface area contributed by atoms with Crippen LogP contribution in [0.25, 0.3) is 0 Å². The van der Waals surface area contributed by atoms with Crippen molar-refractivity contribution in [1.82, 2.24) is 5.01 Å². The zero-order chi connectivity index (χ0) is 19.2. The lowest BCUT2D eigenvalue weighted by molar-refractivity contribution is -0.141. The molecule has 2 aliphatic rings. The Morgan fingerprint density at radius 1 is 1.15 bits per heavy atom. The lowest BCUT2D eigenvalue weighted by atomic mass is 9.91. The van der Waals surface area contributed by atoms with Gasteiger partial charge in [0, 0.05) is 13.3 Å². The molecule has 136 valence electrons. The van der Waals surface area contributed by atoms with Crippen molar-refractivity contribution < 1.29 is 23.9 Å². The number of hydrazone groups is 1. The van der Waals surface area contributed by atoms with Crippen LogP contribution in [0.3, 0.4) is 0 Å². The maximum absolute atomic E-state index is 13.2. The normalized spacial score (nSPS) is 22.2. The number of aryl methyl sites for hydroxylation is 2. The summed E-state index contributed by atoms with van der Waals surface area (Å²) >= 11 is 0. The van der Waals surface area contributed by atoms with Gasteiger partial charge in [-0.25, -0.2) is 14.7 Å². The van der Waals surface area contributed by atoms with Crippen LogP contribution in [0, 0.1) is 13.8 Å². The molecular formula is C18H19N3O5. The van der Waals surface area contributed by atoms with Crippen molar-refractivity contribution in [3.8, 4) is 0 Å². The third kappa shape index (κ3) is 2.49. The van der Waals surface area contributed by atoms with Crippen molar-refractivity contribution >= 4 is 35.1 Å². The van der Waals surface area contributed by atoms with Crippen LogP contribution in [0.1, 0.15) is 30.9 Å². The van der Waals surface area contributed by atoms with E-state index in [9.17, 15) is 19.2 Å². The van der Waals surface area contributed by atoms with Gasteiger partial charge in [-0.1, -0.05) is 6.07 Å². The molecule has 1 spiro atoms. The van der Waals surface area contributed by atoms with Crippen LogP contribution in [0.4, 0.5) is 5.69 Å². The lowest BCUT2D eigenvalue weighted by Gasteiger charge is -2.29. The van der Waals surface area contributed by atoms with Crippen molar-refractivity contribution in [3.63, 3.8) is 0 Å². The molecule has 0 aliphatic carbocycles. The molecule has 0 aromatic heterocycles. The third-order valence-electron chi connectivity index (χ3n) is 4.85. The summed E-state index contributed by atoms with van der Waals surface area (Å²) < 4.78 is 4.65. The van der Waals surface area contributed by atoms with Gasteiger partial charge in [0.15, 0.2) is 5.54 Å². The summed E-state index contributed by atoms with van der Waals surface area (Å²) in [4.78, 5) is 50.8. The Balaban J connectivity index is 2.03. The minimum Gasteiger partial charge on any atom is -0.464 e. The van der Waals surface area contributed by atoms with E-state index >= 15 is 0 Å². The largest absolute Gasteiger partial charge is 0.464 e. The molecule has 0 radical (unpaired) electrons. The fourth-order valence-electron chi connectivity index (χ4n) is 3.36. The van der Waals surface area contributed by atoms with Gasteiger partial charge in [0.1, 0.15) is 5.71 Å². The van der Waals surface area contributed by atoms with E-state index in [0.29, 0.717) is 5.69 Å². The molecule has 0 bridgehead atoms. The van der Waals surface area contributed by atoms with Crippen molar-refractivity contribution in [2.45, 2.75) is 39.2 Å². The summed E-state index contributed by atoms with van der Waals surface area (Å²) in [5, 5.41) is 4.91. The number of nitrogens with zero attached hydrogens (tertiary/aromatic N) is 3. The fraction of sp³-hybridized carbons (Fsp3) is 0.389. The number of hydrogen-bond donors (Lipinski definition) is 0. The predicted octanol–water partition coefficient (Wildman–Crippen LogP) is 1.09. The topological polar surface area (TPSA) is 96.3 Å². The number of hydrogen-bond acceptors (Lipinski definition) is 6. The molecule has 1 fully saturated rings. The summed E-state index contributed by atoms with van der Waals surface area (Å²) in [5.41, 5.74) is 0.849. The zero-order valence-electron chi connectivity index (χ0n) is 15.0. The number of carbonyl (C=O) groups is 4. The number of imide groups is 1. The first-order valence-electron chi connectivity index (χ1n) is 8.12. The molecule has 1 aromatic rings. The molecule has 3 amide bonds. The van der Waals surface area contributed by atoms with E-state index in [0.717, 1.165) is 21.0 Å². The van der Waals surface area contributed by atoms with Crippen LogP contribution in [-0.4, -0.2) is 47.1 Å². The molecule has 2 aliphatic heterocycles. The zero-order valence-corrected chi connectivity index (χ0v) is 15.0. The molecule has 26 heavy (non-hydrogen) atoms. The molecule has 2 heterocycles. The van der Waals surface area contributed by atoms with E-state index in [4.69, 9.17) is 0 Å². The predicted molar refractivity (Wildman–Crippen MR) is 92.3 cm³/mol. The van der Waals surface area contributed by atoms with Crippen molar-refractivity contribution in [2.75, 3.05) is 12.0 Å². The van der Waals surface area contributed by atoms with Crippen molar-refractivity contribution in [2.24, 2.45) is 5.10 Å². The molecule has 0 saturated carbocycles. The number of ether oxygens (including phenoxy) is 1. The monoisotopic (exact) mass is 357 g/mol. The first kappa shape index (κ1) is 17.8. The summed E-state index contributed by atoms with van der Waals surface area (Å²) in [6, 6.07) is 5.26. The number of rotatable bonds is 2. The van der Waals surface area contributed by atoms with Gasteiger partial charge >= 0.3 is 5.97 Å². The Labute approximate surface area is 150 Å². The lowest BCUT2D eigenvalue weighted by Crippen LogP contribution is -2.51. The van der Waals surface area contributed by atoms with Crippen LogP contribution < -0.4 is 4.90 Å². The van der Waals surface area contributed by atoms with E-state index in [1.807, 2.05) is 19.9 Å². The first-order chi connectivity index (χ1) is 12.2. The van der Waals surface area contributed by atoms with E-state index in [-0.39, 0.29) is 18.6 Å². The molecular weight excluding hydrogens is 338 g/mol. The first-order valence-corrected chi connectivity index (χ1v) is 8.12. The molecule has 1 saturated heterocycles. The summed E-state index contributed by atoms with van der Waals surface area (Å²) in [6.07, 6.45) is -0.381. The highest BCUT2D eigenvalue weighted by Crippen LogP contribution is 2.40. The average Bonchev–Trinajstić information content (AvgIpc) is 3.08. The Morgan fingerprint density at radius 3 is 2.42 bits per heavy atom. The number of anilines is 1. The highest BCUT2D eigenvalue weighted by Gasteiger charge is 2.61. The van der Waals surface area contributed by atoms with Gasteiger partial charge in [0.2, 0.25) is 11.8 Å². The van der Waals surface area contributed by atoms with Crippen molar-refractivity contribution in [3.05, 3.63) is 29.3 Å². The van der Waals surface area contributed by atoms with Crippen LogP contribution >= 0.6 is 0 Å². The van der Waals surface area contributed by atoms with E-state index in [2.05, 4.69) is 9.84 Å². The van der Waals surface area contributed by atoms with Crippen LogP contribution in [0.2, 0.25) is 0 Å². The van der Waals surface area contributed by atoms with Gasteiger partial charge < -0.3 is 4.74 Å². The molecule has 0 N–H and O–H groups in total. The van der Waals surface area contributed by atoms with Crippen LogP contribution in [-0.2, 0) is 23.9 Å². The molecule has 1 aromatic carbocycles. The number of esters is 1. The third-order valence-corrected chi connectivity index (χ3v) is 4.85. The van der Waals surface area contributed by atoms with Crippen LogP contribution in [0.15, 0.2) is 23.3 Å². The highest BCUT2D eigenvalue weighted by atomic mass is 16.5. The Morgan fingerprint density at radius 2 is 1.85 bits per heavy atom. The van der Waals surface area contributed by atoms with E-state index in [1.54, 1.807) is 12.1 Å². The standard InChI is InChI=1S/C18H19N3O5/c1-10-5-6-13(7-11(10)2)20-15(23)9-18(17(20)25)8-14(16(24)26-4)19-21(18)12(3)22/h5-7H,8-9H2,1-4H3/t18-/m0/s1. The average molecular weight is 357 g/mol.